The third-order valence-electron chi connectivity index (χ3n) is 3.43. The minimum absolute atomic E-state index is 0.690. The van der Waals surface area contributed by atoms with Gasteiger partial charge in [0.1, 0.15) is 5.82 Å². The summed E-state index contributed by atoms with van der Waals surface area (Å²) in [5.74, 6) is 1.80. The molecule has 1 aromatic rings. The molecule has 0 amide bonds. The summed E-state index contributed by atoms with van der Waals surface area (Å²) in [5, 5.41) is 3.37. The van der Waals surface area contributed by atoms with E-state index < -0.39 is 0 Å². The van der Waals surface area contributed by atoms with Gasteiger partial charge < -0.3 is 11.1 Å². The number of halogens is 1. The largest absolute Gasteiger partial charge is 0.397 e. The molecule has 1 saturated carbocycles. The van der Waals surface area contributed by atoms with Crippen molar-refractivity contribution >= 4 is 27.4 Å². The Balaban J connectivity index is 1.77. The maximum absolute atomic E-state index is 5.65. The molecule has 1 aromatic heterocycles. The van der Waals surface area contributed by atoms with E-state index in [0.717, 1.165) is 22.8 Å². The summed E-state index contributed by atoms with van der Waals surface area (Å²) < 4.78 is 0.946. The van der Waals surface area contributed by atoms with Gasteiger partial charge in [0.25, 0.3) is 0 Å². The molecule has 0 spiro atoms. The first kappa shape index (κ1) is 12.7. The van der Waals surface area contributed by atoms with E-state index in [-0.39, 0.29) is 0 Å². The second kappa shape index (κ2) is 6.24. The molecule has 0 bridgehead atoms. The number of rotatable bonds is 4. The van der Waals surface area contributed by atoms with E-state index in [0.29, 0.717) is 5.69 Å². The van der Waals surface area contributed by atoms with Crippen molar-refractivity contribution in [2.75, 3.05) is 17.6 Å². The Labute approximate surface area is 111 Å². The molecule has 0 atom stereocenters. The number of nitrogen functional groups attached to an aromatic ring is 1. The monoisotopic (exact) mass is 297 g/mol. The zero-order valence-corrected chi connectivity index (χ0v) is 11.7. The predicted octanol–water partition coefficient (Wildman–Crippen LogP) is 3.81. The van der Waals surface area contributed by atoms with Crippen molar-refractivity contribution in [2.45, 2.75) is 38.5 Å². The van der Waals surface area contributed by atoms with Crippen molar-refractivity contribution in [3.8, 4) is 0 Å². The Bertz CT molecular complexity index is 362. The van der Waals surface area contributed by atoms with Gasteiger partial charge in [0.05, 0.1) is 16.4 Å². The number of hydrogen-bond acceptors (Lipinski definition) is 3. The molecule has 2 rings (SSSR count). The maximum atomic E-state index is 5.65. The molecule has 1 aliphatic carbocycles. The Morgan fingerprint density at radius 3 is 2.82 bits per heavy atom. The molecule has 0 unspecified atom stereocenters. The Morgan fingerprint density at radius 1 is 1.35 bits per heavy atom. The van der Waals surface area contributed by atoms with E-state index in [4.69, 9.17) is 5.73 Å². The molecule has 1 heterocycles. The van der Waals surface area contributed by atoms with Gasteiger partial charge in [-0.3, -0.25) is 0 Å². The molecule has 0 aromatic carbocycles. The van der Waals surface area contributed by atoms with E-state index >= 15 is 0 Å². The summed E-state index contributed by atoms with van der Waals surface area (Å²) in [6.45, 7) is 1.00. The third kappa shape index (κ3) is 3.87. The van der Waals surface area contributed by atoms with Gasteiger partial charge in [-0.15, -0.1) is 0 Å². The van der Waals surface area contributed by atoms with Gasteiger partial charge in [0.2, 0.25) is 0 Å². The van der Waals surface area contributed by atoms with Crippen molar-refractivity contribution in [1.29, 1.82) is 0 Å². The Hall–Kier alpha value is -0.770. The average Bonchev–Trinajstić information content (AvgIpc) is 2.33. The Morgan fingerprint density at radius 2 is 2.12 bits per heavy atom. The highest BCUT2D eigenvalue weighted by Gasteiger charge is 2.12. The summed E-state index contributed by atoms with van der Waals surface area (Å²) in [4.78, 5) is 4.28. The molecule has 1 aliphatic rings. The normalized spacial score (nSPS) is 17.0. The molecular formula is C13H20BrN3. The molecule has 0 saturated heterocycles. The molecule has 0 aliphatic heterocycles. The average molecular weight is 298 g/mol. The van der Waals surface area contributed by atoms with E-state index in [1.807, 2.05) is 6.07 Å². The van der Waals surface area contributed by atoms with Crippen LogP contribution >= 0.6 is 15.9 Å². The van der Waals surface area contributed by atoms with Crippen LogP contribution in [0.3, 0.4) is 0 Å². The third-order valence-corrected chi connectivity index (χ3v) is 4.04. The predicted molar refractivity (Wildman–Crippen MR) is 76.0 cm³/mol. The highest BCUT2D eigenvalue weighted by Crippen LogP contribution is 2.27. The fourth-order valence-electron chi connectivity index (χ4n) is 2.45. The first-order valence-electron chi connectivity index (χ1n) is 6.40. The lowest BCUT2D eigenvalue weighted by molar-refractivity contribution is 0.345. The van der Waals surface area contributed by atoms with Crippen LogP contribution in [0, 0.1) is 5.92 Å². The zero-order valence-electron chi connectivity index (χ0n) is 10.1. The summed E-state index contributed by atoms with van der Waals surface area (Å²) in [6, 6.07) is 1.88. The van der Waals surface area contributed by atoms with Crippen LogP contribution in [-0.4, -0.2) is 11.5 Å². The SMILES string of the molecule is Nc1cnc(NCCC2CCCCC2)c(Br)c1. The van der Waals surface area contributed by atoms with Crippen LogP contribution in [0.15, 0.2) is 16.7 Å². The lowest BCUT2D eigenvalue weighted by atomic mass is 9.87. The first-order valence-corrected chi connectivity index (χ1v) is 7.20. The van der Waals surface area contributed by atoms with Crippen LogP contribution in [-0.2, 0) is 0 Å². The second-order valence-corrected chi connectivity index (χ2v) is 5.67. The summed E-state index contributed by atoms with van der Waals surface area (Å²) in [5.41, 5.74) is 6.34. The fraction of sp³-hybridized carbons (Fsp3) is 0.615. The van der Waals surface area contributed by atoms with Crippen LogP contribution in [0.25, 0.3) is 0 Å². The number of nitrogens with one attached hydrogen (secondary N) is 1. The van der Waals surface area contributed by atoms with Gasteiger partial charge in [-0.1, -0.05) is 32.1 Å². The molecule has 3 N–H and O–H groups in total. The van der Waals surface area contributed by atoms with E-state index in [9.17, 15) is 0 Å². The molecular weight excluding hydrogens is 278 g/mol. The number of anilines is 2. The first-order chi connectivity index (χ1) is 8.25. The minimum Gasteiger partial charge on any atom is -0.397 e. The van der Waals surface area contributed by atoms with Crippen LogP contribution in [0.1, 0.15) is 38.5 Å². The minimum atomic E-state index is 0.690. The van der Waals surface area contributed by atoms with Gasteiger partial charge in [-0.05, 0) is 34.3 Å². The molecule has 17 heavy (non-hydrogen) atoms. The van der Waals surface area contributed by atoms with Crippen LogP contribution in [0.4, 0.5) is 11.5 Å². The standard InChI is InChI=1S/C13H20BrN3/c14-12-8-11(15)9-17-13(12)16-7-6-10-4-2-1-3-5-10/h8-10H,1-7,15H2,(H,16,17). The number of aromatic nitrogens is 1. The van der Waals surface area contributed by atoms with Crippen molar-refractivity contribution in [1.82, 2.24) is 4.98 Å². The van der Waals surface area contributed by atoms with Gasteiger partial charge >= 0.3 is 0 Å². The summed E-state index contributed by atoms with van der Waals surface area (Å²) in [7, 11) is 0. The van der Waals surface area contributed by atoms with Crippen LogP contribution < -0.4 is 11.1 Å². The number of hydrogen-bond donors (Lipinski definition) is 2. The molecule has 4 heteroatoms. The molecule has 94 valence electrons. The van der Waals surface area contributed by atoms with Crippen molar-refractivity contribution in [3.63, 3.8) is 0 Å². The van der Waals surface area contributed by atoms with Crippen molar-refractivity contribution in [2.24, 2.45) is 5.92 Å². The Kier molecular flexibility index (Phi) is 4.66. The lowest BCUT2D eigenvalue weighted by Gasteiger charge is -2.21. The van der Waals surface area contributed by atoms with Crippen LogP contribution in [0.2, 0.25) is 0 Å². The van der Waals surface area contributed by atoms with Gasteiger partial charge in [-0.25, -0.2) is 4.98 Å². The highest BCUT2D eigenvalue weighted by molar-refractivity contribution is 9.10. The second-order valence-electron chi connectivity index (χ2n) is 4.82. The zero-order chi connectivity index (χ0) is 12.1. The van der Waals surface area contributed by atoms with Crippen molar-refractivity contribution < 1.29 is 0 Å². The topological polar surface area (TPSA) is 50.9 Å². The smallest absolute Gasteiger partial charge is 0.140 e. The molecule has 3 nitrogen and oxygen atoms in total. The van der Waals surface area contributed by atoms with Crippen molar-refractivity contribution in [3.05, 3.63) is 16.7 Å². The summed E-state index contributed by atoms with van der Waals surface area (Å²) in [6.07, 6.45) is 9.99. The van der Waals surface area contributed by atoms with Gasteiger partial charge in [0, 0.05) is 6.54 Å². The maximum Gasteiger partial charge on any atom is 0.140 e. The molecule has 0 radical (unpaired) electrons. The quantitative estimate of drug-likeness (QED) is 0.888. The highest BCUT2D eigenvalue weighted by atomic mass is 79.9. The number of nitrogens with zero attached hydrogens (tertiary/aromatic N) is 1. The number of nitrogens with two attached hydrogens (primary N) is 1. The fourth-order valence-corrected chi connectivity index (χ4v) is 2.96. The van der Waals surface area contributed by atoms with Gasteiger partial charge in [-0.2, -0.15) is 0 Å². The van der Waals surface area contributed by atoms with Crippen LogP contribution in [0.5, 0.6) is 0 Å². The molecule has 1 fully saturated rings. The van der Waals surface area contributed by atoms with E-state index in [2.05, 4.69) is 26.2 Å². The number of pyridine rings is 1. The van der Waals surface area contributed by atoms with E-state index in [1.54, 1.807) is 6.20 Å². The lowest BCUT2D eigenvalue weighted by Crippen LogP contribution is -2.13. The van der Waals surface area contributed by atoms with E-state index in [1.165, 1.54) is 38.5 Å². The van der Waals surface area contributed by atoms with Gasteiger partial charge in [0.15, 0.2) is 0 Å². The summed E-state index contributed by atoms with van der Waals surface area (Å²) >= 11 is 3.47.